The summed E-state index contributed by atoms with van der Waals surface area (Å²) >= 11 is 0. The molecule has 6 nitrogen and oxygen atoms in total. The fourth-order valence-corrected chi connectivity index (χ4v) is 3.22. The van der Waals surface area contributed by atoms with Crippen LogP contribution in [-0.4, -0.2) is 18.2 Å². The zero-order valence-corrected chi connectivity index (χ0v) is 12.8. The maximum absolute atomic E-state index is 14.0. The van der Waals surface area contributed by atoms with Gasteiger partial charge in [0, 0.05) is 31.0 Å². The molecule has 0 radical (unpaired) electrons. The molecule has 0 spiro atoms. The van der Waals surface area contributed by atoms with Crippen LogP contribution in [0.2, 0.25) is 0 Å². The van der Waals surface area contributed by atoms with Crippen LogP contribution in [0.15, 0.2) is 23.2 Å². The van der Waals surface area contributed by atoms with Gasteiger partial charge in [-0.3, -0.25) is 4.68 Å². The maximum Gasteiger partial charge on any atom is 0.243 e. The van der Waals surface area contributed by atoms with Crippen LogP contribution in [0.25, 0.3) is 0 Å². The van der Waals surface area contributed by atoms with E-state index < -0.39 is 20.7 Å². The van der Waals surface area contributed by atoms with Crippen molar-refractivity contribution in [3.63, 3.8) is 0 Å². The molecule has 21 heavy (non-hydrogen) atoms. The van der Waals surface area contributed by atoms with Gasteiger partial charge in [0.15, 0.2) is 0 Å². The van der Waals surface area contributed by atoms with Crippen molar-refractivity contribution in [3.05, 3.63) is 41.0 Å². The normalized spacial score (nSPS) is 11.8. The zero-order chi connectivity index (χ0) is 15.8. The van der Waals surface area contributed by atoms with E-state index in [0.29, 0.717) is 5.69 Å². The average Bonchev–Trinajstić information content (AvgIpc) is 2.70. The first kappa shape index (κ1) is 15.5. The third-order valence-electron chi connectivity index (χ3n) is 3.10. The van der Waals surface area contributed by atoms with E-state index >= 15 is 0 Å². The number of hydrogen-bond donors (Lipinski definition) is 2. The molecule has 0 bridgehead atoms. The standard InChI is InChI=1S/C13H17FN4O2S/c1-8-4-11(15)5-12(13(8)14)21(19,20)16-6-10-7-18(3)17-9(10)2/h4-5,7,16H,6,15H2,1-3H3. The Morgan fingerprint density at radius 3 is 2.62 bits per heavy atom. The van der Waals surface area contributed by atoms with Gasteiger partial charge in [-0.1, -0.05) is 0 Å². The summed E-state index contributed by atoms with van der Waals surface area (Å²) in [6.45, 7) is 3.28. The monoisotopic (exact) mass is 312 g/mol. The maximum atomic E-state index is 14.0. The molecule has 0 aliphatic carbocycles. The fraction of sp³-hybridized carbons (Fsp3) is 0.308. The van der Waals surface area contributed by atoms with E-state index in [1.165, 1.54) is 13.0 Å². The van der Waals surface area contributed by atoms with Gasteiger partial charge in [-0.05, 0) is 31.5 Å². The highest BCUT2D eigenvalue weighted by molar-refractivity contribution is 7.89. The number of sulfonamides is 1. The predicted octanol–water partition coefficient (Wildman–Crippen LogP) is 1.24. The van der Waals surface area contributed by atoms with Crippen molar-refractivity contribution in [1.82, 2.24) is 14.5 Å². The molecule has 2 aromatic rings. The number of aromatic nitrogens is 2. The Bertz CT molecular complexity index is 784. The van der Waals surface area contributed by atoms with Crippen LogP contribution in [0.1, 0.15) is 16.8 Å². The number of rotatable bonds is 4. The van der Waals surface area contributed by atoms with Gasteiger partial charge >= 0.3 is 0 Å². The van der Waals surface area contributed by atoms with Crippen molar-refractivity contribution in [2.45, 2.75) is 25.3 Å². The third-order valence-corrected chi connectivity index (χ3v) is 4.50. The van der Waals surface area contributed by atoms with Gasteiger partial charge < -0.3 is 5.73 Å². The quantitative estimate of drug-likeness (QED) is 0.831. The van der Waals surface area contributed by atoms with Gasteiger partial charge in [0.1, 0.15) is 10.7 Å². The average molecular weight is 312 g/mol. The number of anilines is 1. The van der Waals surface area contributed by atoms with Crippen molar-refractivity contribution >= 4 is 15.7 Å². The lowest BCUT2D eigenvalue weighted by Gasteiger charge is -2.10. The smallest absolute Gasteiger partial charge is 0.243 e. The number of nitrogen functional groups attached to an aromatic ring is 1. The summed E-state index contributed by atoms with van der Waals surface area (Å²) in [7, 11) is -2.24. The second-order valence-corrected chi connectivity index (χ2v) is 6.62. The van der Waals surface area contributed by atoms with Crippen LogP contribution in [0.5, 0.6) is 0 Å². The minimum atomic E-state index is -3.98. The van der Waals surface area contributed by atoms with Crippen molar-refractivity contribution in [2.75, 3.05) is 5.73 Å². The number of hydrogen-bond acceptors (Lipinski definition) is 4. The van der Waals surface area contributed by atoms with Gasteiger partial charge in [-0.25, -0.2) is 17.5 Å². The number of benzene rings is 1. The van der Waals surface area contributed by atoms with Crippen LogP contribution in [0.3, 0.4) is 0 Å². The summed E-state index contributed by atoms with van der Waals surface area (Å²) in [4.78, 5) is -0.443. The molecule has 3 N–H and O–H groups in total. The molecular formula is C13H17FN4O2S. The van der Waals surface area contributed by atoms with Crippen molar-refractivity contribution < 1.29 is 12.8 Å². The second kappa shape index (κ2) is 5.45. The number of nitrogens with zero attached hydrogens (tertiary/aromatic N) is 2. The highest BCUT2D eigenvalue weighted by Crippen LogP contribution is 2.21. The summed E-state index contributed by atoms with van der Waals surface area (Å²) in [5.41, 5.74) is 7.41. The predicted molar refractivity (Wildman–Crippen MR) is 77.5 cm³/mol. The Kier molecular flexibility index (Phi) is 4.02. The first-order chi connectivity index (χ1) is 9.70. The van der Waals surface area contributed by atoms with Crippen molar-refractivity contribution in [2.24, 2.45) is 7.05 Å². The minimum absolute atomic E-state index is 0.0370. The van der Waals surface area contributed by atoms with E-state index in [1.807, 2.05) is 0 Å². The van der Waals surface area contributed by atoms with E-state index in [2.05, 4.69) is 9.82 Å². The SMILES string of the molecule is Cc1cc(N)cc(S(=O)(=O)NCc2cn(C)nc2C)c1F. The lowest BCUT2D eigenvalue weighted by Crippen LogP contribution is -2.24. The highest BCUT2D eigenvalue weighted by Gasteiger charge is 2.21. The number of nitrogens with one attached hydrogen (secondary N) is 1. The van der Waals surface area contributed by atoms with Crippen LogP contribution in [0, 0.1) is 19.7 Å². The first-order valence-electron chi connectivity index (χ1n) is 6.25. The molecule has 114 valence electrons. The Morgan fingerprint density at radius 2 is 2.05 bits per heavy atom. The molecule has 0 saturated carbocycles. The van der Waals surface area contributed by atoms with Crippen LogP contribution >= 0.6 is 0 Å². The zero-order valence-electron chi connectivity index (χ0n) is 12.0. The molecule has 0 unspecified atom stereocenters. The van der Waals surface area contributed by atoms with Crippen LogP contribution in [-0.2, 0) is 23.6 Å². The summed E-state index contributed by atoms with van der Waals surface area (Å²) in [6.07, 6.45) is 1.71. The molecule has 0 atom stereocenters. The third kappa shape index (κ3) is 3.22. The summed E-state index contributed by atoms with van der Waals surface area (Å²) in [5.74, 6) is -0.792. The molecular weight excluding hydrogens is 295 g/mol. The van der Waals surface area contributed by atoms with E-state index in [-0.39, 0.29) is 17.8 Å². The van der Waals surface area contributed by atoms with Gasteiger partial charge in [-0.2, -0.15) is 5.10 Å². The minimum Gasteiger partial charge on any atom is -0.399 e. The summed E-state index contributed by atoms with van der Waals surface area (Å²) in [6, 6.07) is 2.50. The van der Waals surface area contributed by atoms with Crippen molar-refractivity contribution in [3.8, 4) is 0 Å². The van der Waals surface area contributed by atoms with Gasteiger partial charge in [0.2, 0.25) is 10.0 Å². The lowest BCUT2D eigenvalue weighted by atomic mass is 10.2. The van der Waals surface area contributed by atoms with E-state index in [9.17, 15) is 12.8 Å². The molecule has 2 rings (SSSR count). The molecule has 1 heterocycles. The number of halogens is 1. The number of nitrogens with two attached hydrogens (primary N) is 1. The fourth-order valence-electron chi connectivity index (χ4n) is 2.03. The van der Waals surface area contributed by atoms with Crippen LogP contribution in [0.4, 0.5) is 10.1 Å². The van der Waals surface area contributed by atoms with Gasteiger partial charge in [-0.15, -0.1) is 0 Å². The second-order valence-electron chi connectivity index (χ2n) is 4.89. The molecule has 0 aliphatic rings. The Hall–Kier alpha value is -1.93. The topological polar surface area (TPSA) is 90.0 Å². The highest BCUT2D eigenvalue weighted by atomic mass is 32.2. The molecule has 0 fully saturated rings. The Labute approximate surface area is 122 Å². The summed E-state index contributed by atoms with van der Waals surface area (Å²) < 4.78 is 42.4. The number of aryl methyl sites for hydroxylation is 3. The molecule has 0 amide bonds. The Morgan fingerprint density at radius 1 is 1.38 bits per heavy atom. The van der Waals surface area contributed by atoms with E-state index in [1.54, 1.807) is 24.9 Å². The molecule has 1 aromatic heterocycles. The molecule has 8 heteroatoms. The summed E-state index contributed by atoms with van der Waals surface area (Å²) in [5, 5.41) is 4.12. The van der Waals surface area contributed by atoms with Crippen LogP contribution < -0.4 is 10.5 Å². The molecule has 0 saturated heterocycles. The Balaban J connectivity index is 2.29. The lowest BCUT2D eigenvalue weighted by molar-refractivity contribution is 0.553. The molecule has 0 aliphatic heterocycles. The van der Waals surface area contributed by atoms with Gasteiger partial charge in [0.05, 0.1) is 5.69 Å². The first-order valence-corrected chi connectivity index (χ1v) is 7.73. The van der Waals surface area contributed by atoms with E-state index in [4.69, 9.17) is 5.73 Å². The largest absolute Gasteiger partial charge is 0.399 e. The molecule has 1 aromatic carbocycles. The van der Waals surface area contributed by atoms with Crippen molar-refractivity contribution in [1.29, 1.82) is 0 Å². The van der Waals surface area contributed by atoms with E-state index in [0.717, 1.165) is 11.6 Å². The van der Waals surface area contributed by atoms with Gasteiger partial charge in [0.25, 0.3) is 0 Å².